The molecule has 0 aliphatic rings. The molecule has 0 aromatic carbocycles. The van der Waals surface area contributed by atoms with E-state index in [1.54, 1.807) is 6.33 Å². The quantitative estimate of drug-likeness (QED) is 0.704. The Morgan fingerprint density at radius 2 is 1.67 bits per heavy atom. The summed E-state index contributed by atoms with van der Waals surface area (Å²) in [5, 5.41) is 0. The first-order valence-corrected chi connectivity index (χ1v) is 5.49. The first kappa shape index (κ1) is 12.2. The van der Waals surface area contributed by atoms with Crippen LogP contribution in [-0.4, -0.2) is 9.97 Å². The summed E-state index contributed by atoms with van der Waals surface area (Å²) in [6.45, 7) is 13.3. The third kappa shape index (κ3) is 3.61. The highest BCUT2D eigenvalue weighted by atomic mass is 14.8. The molecule has 0 saturated carbocycles. The highest BCUT2D eigenvalue weighted by Crippen LogP contribution is 2.28. The average Bonchev–Trinajstić information content (AvgIpc) is 1.99. The maximum absolute atomic E-state index is 4.42. The fraction of sp³-hybridized carbons (Fsp3) is 0.692. The molecule has 0 spiro atoms. The normalized spacial score (nSPS) is 12.9. The number of nitrogens with zero attached hydrogens (tertiary/aromatic N) is 2. The van der Waals surface area contributed by atoms with Crippen LogP contribution in [0.5, 0.6) is 0 Å². The van der Waals surface area contributed by atoms with Gasteiger partial charge >= 0.3 is 0 Å². The Kier molecular flexibility index (Phi) is 3.17. The molecule has 84 valence electrons. The van der Waals surface area contributed by atoms with E-state index in [9.17, 15) is 0 Å². The molecule has 1 heterocycles. The predicted molar refractivity (Wildman–Crippen MR) is 63.9 cm³/mol. The molecule has 2 nitrogen and oxygen atoms in total. The van der Waals surface area contributed by atoms with Crippen LogP contribution in [0.3, 0.4) is 0 Å². The molecular weight excluding hydrogens is 184 g/mol. The van der Waals surface area contributed by atoms with Crippen LogP contribution in [-0.2, 0) is 11.8 Å². The average molecular weight is 206 g/mol. The topological polar surface area (TPSA) is 25.8 Å². The number of hydrogen-bond donors (Lipinski definition) is 0. The fourth-order valence-corrected chi connectivity index (χ4v) is 1.62. The molecule has 2 heteroatoms. The minimum Gasteiger partial charge on any atom is -0.244 e. The molecule has 0 unspecified atom stereocenters. The van der Waals surface area contributed by atoms with Crippen molar-refractivity contribution in [3.63, 3.8) is 0 Å². The van der Waals surface area contributed by atoms with Gasteiger partial charge in [0.2, 0.25) is 0 Å². The summed E-state index contributed by atoms with van der Waals surface area (Å²) in [5.74, 6) is 0. The molecular formula is C13H22N2. The lowest BCUT2D eigenvalue weighted by Gasteiger charge is -2.25. The minimum atomic E-state index is 0.127. The summed E-state index contributed by atoms with van der Waals surface area (Å²) >= 11 is 0. The molecule has 0 N–H and O–H groups in total. The van der Waals surface area contributed by atoms with Crippen LogP contribution in [0.15, 0.2) is 12.5 Å². The molecule has 0 saturated heterocycles. The van der Waals surface area contributed by atoms with Crippen LogP contribution in [0, 0.1) is 5.41 Å². The van der Waals surface area contributed by atoms with Crippen LogP contribution in [0.2, 0.25) is 0 Å². The molecule has 0 amide bonds. The standard InChI is InChI=1S/C13H22N2/c1-12(2,3)7-11-10(13(4,5)6)8-14-9-15-11/h8-9H,7H2,1-6H3. The third-order valence-electron chi connectivity index (χ3n) is 2.30. The Bertz CT molecular complexity index is 329. The molecule has 0 atom stereocenters. The van der Waals surface area contributed by atoms with Crippen molar-refractivity contribution in [2.45, 2.75) is 53.4 Å². The van der Waals surface area contributed by atoms with Crippen LogP contribution >= 0.6 is 0 Å². The predicted octanol–water partition coefficient (Wildman–Crippen LogP) is 3.36. The van der Waals surface area contributed by atoms with Gasteiger partial charge in [-0.25, -0.2) is 9.97 Å². The van der Waals surface area contributed by atoms with Crippen molar-refractivity contribution in [1.82, 2.24) is 9.97 Å². The van der Waals surface area contributed by atoms with Crippen molar-refractivity contribution in [2.75, 3.05) is 0 Å². The Hall–Kier alpha value is -0.920. The highest BCUT2D eigenvalue weighted by Gasteiger charge is 2.22. The third-order valence-corrected chi connectivity index (χ3v) is 2.30. The smallest absolute Gasteiger partial charge is 0.115 e. The van der Waals surface area contributed by atoms with Gasteiger partial charge in [-0.2, -0.15) is 0 Å². The van der Waals surface area contributed by atoms with Gasteiger partial charge in [0.15, 0.2) is 0 Å². The summed E-state index contributed by atoms with van der Waals surface area (Å²) in [5.41, 5.74) is 2.85. The van der Waals surface area contributed by atoms with Gasteiger partial charge in [-0.3, -0.25) is 0 Å². The van der Waals surface area contributed by atoms with E-state index >= 15 is 0 Å². The summed E-state index contributed by atoms with van der Waals surface area (Å²) in [6, 6.07) is 0. The lowest BCUT2D eigenvalue weighted by atomic mass is 9.82. The molecule has 0 radical (unpaired) electrons. The van der Waals surface area contributed by atoms with Crippen molar-refractivity contribution in [1.29, 1.82) is 0 Å². The fourth-order valence-electron chi connectivity index (χ4n) is 1.62. The second-order valence-electron chi connectivity index (χ2n) is 6.37. The molecule has 1 aromatic heterocycles. The lowest BCUT2D eigenvalue weighted by Crippen LogP contribution is -2.19. The van der Waals surface area contributed by atoms with Gasteiger partial charge in [-0.15, -0.1) is 0 Å². The second kappa shape index (κ2) is 3.92. The van der Waals surface area contributed by atoms with E-state index < -0.39 is 0 Å². The van der Waals surface area contributed by atoms with E-state index in [1.807, 2.05) is 6.20 Å². The van der Waals surface area contributed by atoms with Gasteiger partial charge in [-0.05, 0) is 22.8 Å². The monoisotopic (exact) mass is 206 g/mol. The first-order chi connectivity index (χ1) is 6.70. The van der Waals surface area contributed by atoms with E-state index in [-0.39, 0.29) is 10.8 Å². The Morgan fingerprint density at radius 3 is 2.13 bits per heavy atom. The Morgan fingerprint density at radius 1 is 1.07 bits per heavy atom. The zero-order valence-corrected chi connectivity index (χ0v) is 10.8. The second-order valence-corrected chi connectivity index (χ2v) is 6.37. The van der Waals surface area contributed by atoms with Crippen LogP contribution in [0.25, 0.3) is 0 Å². The van der Waals surface area contributed by atoms with Crippen molar-refractivity contribution in [2.24, 2.45) is 5.41 Å². The first-order valence-electron chi connectivity index (χ1n) is 5.49. The largest absolute Gasteiger partial charge is 0.244 e. The molecule has 0 aliphatic carbocycles. The van der Waals surface area contributed by atoms with E-state index in [0.29, 0.717) is 0 Å². The zero-order valence-electron chi connectivity index (χ0n) is 10.8. The summed E-state index contributed by atoms with van der Waals surface area (Å²) in [6.07, 6.45) is 4.60. The lowest BCUT2D eigenvalue weighted by molar-refractivity contribution is 0.400. The van der Waals surface area contributed by atoms with E-state index in [0.717, 1.165) is 6.42 Å². The van der Waals surface area contributed by atoms with Crippen molar-refractivity contribution >= 4 is 0 Å². The van der Waals surface area contributed by atoms with Gasteiger partial charge < -0.3 is 0 Å². The van der Waals surface area contributed by atoms with Gasteiger partial charge in [-0.1, -0.05) is 41.5 Å². The zero-order chi connectivity index (χ0) is 11.7. The van der Waals surface area contributed by atoms with Crippen molar-refractivity contribution in [3.05, 3.63) is 23.8 Å². The molecule has 15 heavy (non-hydrogen) atoms. The maximum Gasteiger partial charge on any atom is 0.115 e. The van der Waals surface area contributed by atoms with Gasteiger partial charge in [0.1, 0.15) is 6.33 Å². The van der Waals surface area contributed by atoms with Crippen molar-refractivity contribution < 1.29 is 0 Å². The summed E-state index contributed by atoms with van der Waals surface area (Å²) < 4.78 is 0. The van der Waals surface area contributed by atoms with Crippen LogP contribution < -0.4 is 0 Å². The van der Waals surface area contributed by atoms with E-state index in [2.05, 4.69) is 51.5 Å². The highest BCUT2D eigenvalue weighted by molar-refractivity contribution is 5.24. The number of aromatic nitrogens is 2. The van der Waals surface area contributed by atoms with Crippen LogP contribution in [0.4, 0.5) is 0 Å². The molecule has 1 rings (SSSR count). The Balaban J connectivity index is 3.08. The van der Waals surface area contributed by atoms with Gasteiger partial charge in [0.05, 0.1) is 0 Å². The van der Waals surface area contributed by atoms with Crippen LogP contribution in [0.1, 0.15) is 52.8 Å². The molecule has 1 aromatic rings. The Labute approximate surface area is 93.2 Å². The SMILES string of the molecule is CC(C)(C)Cc1ncncc1C(C)(C)C. The molecule has 0 fully saturated rings. The minimum absolute atomic E-state index is 0.127. The maximum atomic E-state index is 4.42. The number of rotatable bonds is 1. The molecule has 0 aliphatic heterocycles. The van der Waals surface area contributed by atoms with E-state index in [4.69, 9.17) is 0 Å². The van der Waals surface area contributed by atoms with Crippen molar-refractivity contribution in [3.8, 4) is 0 Å². The summed E-state index contributed by atoms with van der Waals surface area (Å²) in [4.78, 5) is 8.55. The molecule has 0 bridgehead atoms. The number of hydrogen-bond acceptors (Lipinski definition) is 2. The van der Waals surface area contributed by atoms with Gasteiger partial charge in [0.25, 0.3) is 0 Å². The summed E-state index contributed by atoms with van der Waals surface area (Å²) in [7, 11) is 0. The van der Waals surface area contributed by atoms with Gasteiger partial charge in [0, 0.05) is 11.9 Å². The van der Waals surface area contributed by atoms with E-state index in [1.165, 1.54) is 11.3 Å².